The van der Waals surface area contributed by atoms with E-state index in [2.05, 4.69) is 19.2 Å². The Morgan fingerprint density at radius 2 is 1.17 bits per heavy atom. The molecule has 0 bridgehead atoms. The summed E-state index contributed by atoms with van der Waals surface area (Å²) in [6, 6.07) is 5.36. The predicted octanol–water partition coefficient (Wildman–Crippen LogP) is 2.45. The first-order chi connectivity index (χ1) is 22.1. The molecule has 0 aliphatic carbocycles. The average Bonchev–Trinajstić information content (AvgIpc) is 3.52. The fourth-order valence-electron chi connectivity index (χ4n) is 6.24. The van der Waals surface area contributed by atoms with E-state index in [0.717, 1.165) is 64.2 Å². The number of nitrogens with one attached hydrogen (secondary N) is 1. The van der Waals surface area contributed by atoms with Crippen molar-refractivity contribution in [3.8, 4) is 0 Å². The number of likely N-dealkylation sites (tertiary alicyclic amines) is 1. The number of piperazine rings is 1. The third kappa shape index (κ3) is 10.0. The Balaban J connectivity index is 1.65. The van der Waals surface area contributed by atoms with Gasteiger partial charge in [0.1, 0.15) is 6.04 Å². The lowest BCUT2D eigenvalue weighted by molar-refractivity contribution is -0.143. The molecule has 46 heavy (non-hydrogen) atoms. The molecule has 2 fully saturated rings. The zero-order valence-corrected chi connectivity index (χ0v) is 27.5. The minimum absolute atomic E-state index is 0.00755. The van der Waals surface area contributed by atoms with Gasteiger partial charge in [0.25, 0.3) is 11.8 Å². The number of nitrogens with two attached hydrogens (primary N) is 2. The van der Waals surface area contributed by atoms with Crippen LogP contribution < -0.4 is 16.8 Å². The largest absolute Gasteiger partial charge is 0.369 e. The molecule has 2 saturated heterocycles. The van der Waals surface area contributed by atoms with Gasteiger partial charge >= 0.3 is 0 Å². The molecule has 2 aliphatic heterocycles. The van der Waals surface area contributed by atoms with Crippen LogP contribution in [-0.4, -0.2) is 95.5 Å². The molecule has 0 saturated carbocycles. The smallest absolute Gasteiger partial charge is 0.253 e. The van der Waals surface area contributed by atoms with Gasteiger partial charge in [-0.3, -0.25) is 28.8 Å². The molecule has 1 aromatic rings. The van der Waals surface area contributed by atoms with Crippen LogP contribution in [0.1, 0.15) is 105 Å². The number of rotatable bonds is 17. The van der Waals surface area contributed by atoms with Gasteiger partial charge < -0.3 is 31.5 Å². The summed E-state index contributed by atoms with van der Waals surface area (Å²) >= 11 is 0. The fourth-order valence-corrected chi connectivity index (χ4v) is 6.24. The molecule has 12 heteroatoms. The van der Waals surface area contributed by atoms with Gasteiger partial charge in [-0.2, -0.15) is 0 Å². The Morgan fingerprint density at radius 3 is 1.70 bits per heavy atom. The molecule has 12 nitrogen and oxygen atoms in total. The number of carbonyl (C=O) groups is 6. The zero-order chi connectivity index (χ0) is 33.6. The Hall–Kier alpha value is -3.96. The van der Waals surface area contributed by atoms with Crippen molar-refractivity contribution >= 4 is 35.4 Å². The summed E-state index contributed by atoms with van der Waals surface area (Å²) in [5, 5.41) is 2.99. The third-order valence-electron chi connectivity index (χ3n) is 9.08. The van der Waals surface area contributed by atoms with Crippen molar-refractivity contribution < 1.29 is 28.8 Å². The van der Waals surface area contributed by atoms with Crippen LogP contribution in [0.4, 0.5) is 0 Å². The average molecular weight is 641 g/mol. The van der Waals surface area contributed by atoms with Crippen molar-refractivity contribution in [2.24, 2.45) is 23.3 Å². The van der Waals surface area contributed by atoms with Crippen molar-refractivity contribution in [3.05, 3.63) is 35.4 Å². The van der Waals surface area contributed by atoms with E-state index in [1.165, 1.54) is 17.0 Å². The van der Waals surface area contributed by atoms with Crippen LogP contribution in [0, 0.1) is 11.8 Å². The summed E-state index contributed by atoms with van der Waals surface area (Å²) < 4.78 is 0. The van der Waals surface area contributed by atoms with E-state index in [1.807, 2.05) is 0 Å². The van der Waals surface area contributed by atoms with E-state index in [1.54, 1.807) is 21.9 Å². The molecule has 2 aliphatic rings. The lowest BCUT2D eigenvalue weighted by Crippen LogP contribution is -2.61. The number of nitrogens with zero attached hydrogens (tertiary/aromatic N) is 3. The van der Waals surface area contributed by atoms with E-state index < -0.39 is 35.6 Å². The molecule has 0 radical (unpaired) electrons. The van der Waals surface area contributed by atoms with E-state index in [9.17, 15) is 28.8 Å². The van der Waals surface area contributed by atoms with E-state index in [0.29, 0.717) is 25.1 Å². The fraction of sp³-hybridized carbons (Fsp3) is 0.647. The summed E-state index contributed by atoms with van der Waals surface area (Å²) in [6.45, 7) is 5.45. The van der Waals surface area contributed by atoms with E-state index >= 15 is 0 Å². The first kappa shape index (κ1) is 36.5. The molecule has 254 valence electrons. The number of amides is 6. The SMILES string of the molecule is CCCCCCCNC(=O)C1CN(C(=O)c2ccc(C(=O)N3C[C@@H](C(N)=O)[C@H](C(N)=O)C3)cc2)CCN1C(=O)CCCCCCC. The van der Waals surface area contributed by atoms with Crippen molar-refractivity contribution in [3.63, 3.8) is 0 Å². The Bertz CT molecular complexity index is 1200. The summed E-state index contributed by atoms with van der Waals surface area (Å²) in [4.78, 5) is 81.4. The van der Waals surface area contributed by atoms with Crippen LogP contribution in [0.5, 0.6) is 0 Å². The number of unbranched alkanes of at least 4 members (excludes halogenated alkanes) is 8. The van der Waals surface area contributed by atoms with Crippen LogP contribution in [0.3, 0.4) is 0 Å². The lowest BCUT2D eigenvalue weighted by Gasteiger charge is -2.40. The van der Waals surface area contributed by atoms with Crippen LogP contribution in [0.2, 0.25) is 0 Å². The first-order valence-corrected chi connectivity index (χ1v) is 16.9. The second-order valence-corrected chi connectivity index (χ2v) is 12.5. The molecule has 3 rings (SSSR count). The number of hydrogen-bond donors (Lipinski definition) is 3. The van der Waals surface area contributed by atoms with Gasteiger partial charge in [-0.15, -0.1) is 0 Å². The normalized spacial score (nSPS) is 19.6. The van der Waals surface area contributed by atoms with E-state index in [-0.39, 0.29) is 49.5 Å². The van der Waals surface area contributed by atoms with Crippen LogP contribution in [-0.2, 0) is 19.2 Å². The van der Waals surface area contributed by atoms with Crippen molar-refractivity contribution in [2.75, 3.05) is 39.3 Å². The molecule has 0 spiro atoms. The number of benzene rings is 1. The molecule has 2 heterocycles. The van der Waals surface area contributed by atoms with Gasteiger partial charge in [0, 0.05) is 50.3 Å². The van der Waals surface area contributed by atoms with E-state index in [4.69, 9.17) is 11.5 Å². The van der Waals surface area contributed by atoms with Crippen LogP contribution in [0.15, 0.2) is 24.3 Å². The molecule has 5 N–H and O–H groups in total. The summed E-state index contributed by atoms with van der Waals surface area (Å²) in [5.41, 5.74) is 11.5. The van der Waals surface area contributed by atoms with Gasteiger partial charge in [0.2, 0.25) is 23.6 Å². The molecule has 3 atom stereocenters. The maximum atomic E-state index is 13.5. The van der Waals surface area contributed by atoms with Crippen molar-refractivity contribution in [1.82, 2.24) is 20.0 Å². The summed E-state index contributed by atoms with van der Waals surface area (Å²) in [6.07, 6.45) is 10.8. The monoisotopic (exact) mass is 640 g/mol. The molecule has 0 aromatic heterocycles. The minimum Gasteiger partial charge on any atom is -0.369 e. The summed E-state index contributed by atoms with van der Waals surface area (Å²) in [7, 11) is 0. The van der Waals surface area contributed by atoms with Crippen LogP contribution in [0.25, 0.3) is 0 Å². The highest BCUT2D eigenvalue weighted by Crippen LogP contribution is 2.25. The van der Waals surface area contributed by atoms with Gasteiger partial charge in [0.05, 0.1) is 18.4 Å². The quantitative estimate of drug-likeness (QED) is 0.220. The minimum atomic E-state index is -0.847. The molecular weight excluding hydrogens is 588 g/mol. The highest BCUT2D eigenvalue weighted by Gasteiger charge is 2.42. The van der Waals surface area contributed by atoms with Gasteiger partial charge in [0.15, 0.2) is 0 Å². The third-order valence-corrected chi connectivity index (χ3v) is 9.08. The highest BCUT2D eigenvalue weighted by molar-refractivity contribution is 5.99. The predicted molar refractivity (Wildman–Crippen MR) is 174 cm³/mol. The molecule has 6 amide bonds. The Kier molecular flexibility index (Phi) is 14.5. The van der Waals surface area contributed by atoms with Crippen LogP contribution >= 0.6 is 0 Å². The standard InChI is InChI=1S/C34H52N6O6/c1-3-5-7-9-11-13-29(41)40-20-19-38(23-28(40)32(44)37-18-12-10-8-6-4-2)33(45)24-14-16-25(17-15-24)34(46)39-21-26(30(35)42)27(22-39)31(36)43/h14-17,26-28H,3-13,18-23H2,1-2H3,(H2,35,42)(H2,36,43)(H,37,44)/t26-,27-,28?/m1/s1. The van der Waals surface area contributed by atoms with Gasteiger partial charge in [-0.05, 0) is 37.1 Å². The maximum Gasteiger partial charge on any atom is 0.253 e. The van der Waals surface area contributed by atoms with Gasteiger partial charge in [-0.25, -0.2) is 0 Å². The lowest BCUT2D eigenvalue weighted by atomic mass is 9.95. The summed E-state index contributed by atoms with van der Waals surface area (Å²) in [5.74, 6) is -4.08. The second kappa shape index (κ2) is 18.3. The number of primary amides is 2. The Morgan fingerprint density at radius 1 is 0.674 bits per heavy atom. The Labute approximate surface area is 272 Å². The van der Waals surface area contributed by atoms with Crippen molar-refractivity contribution in [2.45, 2.75) is 90.5 Å². The molecule has 1 aromatic carbocycles. The topological polar surface area (TPSA) is 176 Å². The highest BCUT2D eigenvalue weighted by atomic mass is 16.2. The van der Waals surface area contributed by atoms with Gasteiger partial charge in [-0.1, -0.05) is 65.2 Å². The number of hydrogen-bond acceptors (Lipinski definition) is 6. The molecule has 1 unspecified atom stereocenters. The first-order valence-electron chi connectivity index (χ1n) is 16.9. The maximum absolute atomic E-state index is 13.5. The molecular formula is C34H52N6O6. The zero-order valence-electron chi connectivity index (χ0n) is 27.5. The van der Waals surface area contributed by atoms with Crippen molar-refractivity contribution in [1.29, 1.82) is 0 Å². The number of carbonyl (C=O) groups excluding carboxylic acids is 6. The second-order valence-electron chi connectivity index (χ2n) is 12.5.